The van der Waals surface area contributed by atoms with E-state index in [1.165, 1.54) is 0 Å². The van der Waals surface area contributed by atoms with Crippen LogP contribution >= 0.6 is 11.8 Å². The van der Waals surface area contributed by atoms with Crippen molar-refractivity contribution in [3.63, 3.8) is 0 Å². The lowest BCUT2D eigenvalue weighted by atomic mass is 10.2. The number of aromatic carboxylic acids is 1. The average Bonchev–Trinajstić information content (AvgIpc) is 2.59. The molecule has 0 aliphatic carbocycles. The topological polar surface area (TPSA) is 53.7 Å². The maximum Gasteiger partial charge on any atom is 0.372 e. The standard InChI is InChI=1S/C12H19NO3S/c1-8-5-10(16-11(8)12(14)15)6-13(3)9(2)7-17-4/h5,9H,6-7H2,1-4H3,(H,14,15). The molecule has 0 radical (unpaired) electrons. The summed E-state index contributed by atoms with van der Waals surface area (Å²) in [6.45, 7) is 4.53. The number of aryl methyl sites for hydroxylation is 1. The van der Waals surface area contributed by atoms with Crippen molar-refractivity contribution in [1.82, 2.24) is 4.90 Å². The van der Waals surface area contributed by atoms with Gasteiger partial charge in [0, 0.05) is 17.4 Å². The Morgan fingerprint density at radius 1 is 1.65 bits per heavy atom. The Kier molecular flexibility index (Phi) is 5.08. The van der Waals surface area contributed by atoms with E-state index in [0.29, 0.717) is 23.9 Å². The van der Waals surface area contributed by atoms with Crippen molar-refractivity contribution in [2.75, 3.05) is 19.1 Å². The van der Waals surface area contributed by atoms with Crippen molar-refractivity contribution < 1.29 is 14.3 Å². The van der Waals surface area contributed by atoms with Gasteiger partial charge in [-0.15, -0.1) is 0 Å². The van der Waals surface area contributed by atoms with Crippen molar-refractivity contribution >= 4 is 17.7 Å². The van der Waals surface area contributed by atoms with E-state index in [-0.39, 0.29) is 5.76 Å². The van der Waals surface area contributed by atoms with E-state index in [9.17, 15) is 4.79 Å². The van der Waals surface area contributed by atoms with Gasteiger partial charge in [-0.2, -0.15) is 11.8 Å². The van der Waals surface area contributed by atoms with Crippen LogP contribution in [0, 0.1) is 6.92 Å². The fraction of sp³-hybridized carbons (Fsp3) is 0.583. The van der Waals surface area contributed by atoms with Gasteiger partial charge in [0.1, 0.15) is 5.76 Å². The number of nitrogens with zero attached hydrogens (tertiary/aromatic N) is 1. The number of hydrogen-bond acceptors (Lipinski definition) is 4. The molecule has 1 atom stereocenters. The van der Waals surface area contributed by atoms with Crippen LogP contribution in [0.3, 0.4) is 0 Å². The van der Waals surface area contributed by atoms with E-state index in [2.05, 4.69) is 18.1 Å². The average molecular weight is 257 g/mol. The largest absolute Gasteiger partial charge is 0.475 e. The highest BCUT2D eigenvalue weighted by Gasteiger charge is 2.16. The second kappa shape index (κ2) is 6.12. The molecule has 0 fully saturated rings. The molecular weight excluding hydrogens is 238 g/mol. The summed E-state index contributed by atoms with van der Waals surface area (Å²) in [6.07, 6.45) is 2.07. The summed E-state index contributed by atoms with van der Waals surface area (Å²) in [5, 5.41) is 8.90. The van der Waals surface area contributed by atoms with Crippen molar-refractivity contribution in [2.45, 2.75) is 26.4 Å². The summed E-state index contributed by atoms with van der Waals surface area (Å²) in [6, 6.07) is 2.23. The Morgan fingerprint density at radius 3 is 2.76 bits per heavy atom. The number of carboxylic acid groups (broad SMARTS) is 1. The normalized spacial score (nSPS) is 13.0. The first kappa shape index (κ1) is 14.1. The predicted octanol–water partition coefficient (Wildman–Crippen LogP) is 2.47. The fourth-order valence-electron chi connectivity index (χ4n) is 1.61. The van der Waals surface area contributed by atoms with Gasteiger partial charge in [0.2, 0.25) is 5.76 Å². The zero-order chi connectivity index (χ0) is 13.0. The minimum Gasteiger partial charge on any atom is -0.475 e. The number of thioether (sulfide) groups is 1. The summed E-state index contributed by atoms with van der Waals surface area (Å²) >= 11 is 1.80. The number of carbonyl (C=O) groups is 1. The van der Waals surface area contributed by atoms with Crippen LogP contribution in [0.25, 0.3) is 0 Å². The zero-order valence-electron chi connectivity index (χ0n) is 10.7. The number of hydrogen-bond donors (Lipinski definition) is 1. The molecule has 1 aromatic rings. The first-order valence-corrected chi connectivity index (χ1v) is 6.86. The minimum atomic E-state index is -1.01. The van der Waals surface area contributed by atoms with E-state index in [1.807, 2.05) is 7.05 Å². The minimum absolute atomic E-state index is 0.0471. The Balaban J connectivity index is 2.69. The molecule has 0 aromatic carbocycles. The van der Waals surface area contributed by atoms with E-state index in [0.717, 1.165) is 5.75 Å². The van der Waals surface area contributed by atoms with E-state index in [1.54, 1.807) is 24.8 Å². The lowest BCUT2D eigenvalue weighted by molar-refractivity contribution is 0.0657. The van der Waals surface area contributed by atoms with Crippen LogP contribution in [0.15, 0.2) is 10.5 Å². The molecule has 0 saturated heterocycles. The Labute approximate surface area is 106 Å². The highest BCUT2D eigenvalue weighted by atomic mass is 32.2. The van der Waals surface area contributed by atoms with Crippen LogP contribution in [0.2, 0.25) is 0 Å². The van der Waals surface area contributed by atoms with E-state index >= 15 is 0 Å². The third kappa shape index (κ3) is 3.78. The third-order valence-corrected chi connectivity index (χ3v) is 3.54. The van der Waals surface area contributed by atoms with Crippen molar-refractivity contribution in [1.29, 1.82) is 0 Å². The molecule has 1 aromatic heterocycles. The molecule has 0 aliphatic heterocycles. The van der Waals surface area contributed by atoms with Gasteiger partial charge in [0.15, 0.2) is 0 Å². The van der Waals surface area contributed by atoms with E-state index < -0.39 is 5.97 Å². The number of rotatable bonds is 6. The van der Waals surface area contributed by atoms with Crippen molar-refractivity contribution in [3.8, 4) is 0 Å². The summed E-state index contributed by atoms with van der Waals surface area (Å²) in [4.78, 5) is 13.0. The first-order chi connectivity index (χ1) is 7.95. The molecule has 0 saturated carbocycles. The van der Waals surface area contributed by atoms with Crippen LogP contribution in [-0.4, -0.2) is 41.1 Å². The van der Waals surface area contributed by atoms with Crippen LogP contribution in [0.5, 0.6) is 0 Å². The molecule has 4 nitrogen and oxygen atoms in total. The van der Waals surface area contributed by atoms with Crippen LogP contribution in [0.4, 0.5) is 0 Å². The molecule has 5 heteroatoms. The van der Waals surface area contributed by atoms with Crippen molar-refractivity contribution in [3.05, 3.63) is 23.2 Å². The predicted molar refractivity (Wildman–Crippen MR) is 69.7 cm³/mol. The van der Waals surface area contributed by atoms with Gasteiger partial charge in [-0.05, 0) is 33.2 Å². The second-order valence-corrected chi connectivity index (χ2v) is 5.16. The Morgan fingerprint density at radius 2 is 2.29 bits per heavy atom. The molecule has 0 spiro atoms. The van der Waals surface area contributed by atoms with Crippen molar-refractivity contribution in [2.24, 2.45) is 0 Å². The molecule has 1 heterocycles. The number of carboxylic acids is 1. The van der Waals surface area contributed by atoms with Crippen LogP contribution < -0.4 is 0 Å². The summed E-state index contributed by atoms with van der Waals surface area (Å²) < 4.78 is 5.33. The van der Waals surface area contributed by atoms with Gasteiger partial charge in [0.25, 0.3) is 0 Å². The third-order valence-electron chi connectivity index (χ3n) is 2.73. The molecule has 0 bridgehead atoms. The SMILES string of the molecule is CSCC(C)N(C)Cc1cc(C)c(C(=O)O)o1. The monoisotopic (exact) mass is 257 g/mol. The highest BCUT2D eigenvalue weighted by Crippen LogP contribution is 2.17. The second-order valence-electron chi connectivity index (χ2n) is 4.25. The highest BCUT2D eigenvalue weighted by molar-refractivity contribution is 7.98. The maximum absolute atomic E-state index is 10.8. The first-order valence-electron chi connectivity index (χ1n) is 5.47. The number of furan rings is 1. The smallest absolute Gasteiger partial charge is 0.372 e. The Hall–Kier alpha value is -0.940. The molecular formula is C12H19NO3S. The quantitative estimate of drug-likeness (QED) is 0.848. The lowest BCUT2D eigenvalue weighted by Crippen LogP contribution is -2.30. The van der Waals surface area contributed by atoms with Gasteiger partial charge in [0.05, 0.1) is 6.54 Å². The zero-order valence-corrected chi connectivity index (χ0v) is 11.5. The molecule has 1 unspecified atom stereocenters. The van der Waals surface area contributed by atoms with E-state index in [4.69, 9.17) is 9.52 Å². The lowest BCUT2D eigenvalue weighted by Gasteiger charge is -2.22. The van der Waals surface area contributed by atoms with Gasteiger partial charge in [-0.25, -0.2) is 4.79 Å². The van der Waals surface area contributed by atoms with Gasteiger partial charge < -0.3 is 9.52 Å². The molecule has 1 N–H and O–H groups in total. The fourth-order valence-corrected chi connectivity index (χ4v) is 2.35. The molecule has 17 heavy (non-hydrogen) atoms. The summed E-state index contributed by atoms with van der Waals surface area (Å²) in [5.74, 6) is 0.789. The summed E-state index contributed by atoms with van der Waals surface area (Å²) in [5.41, 5.74) is 0.679. The van der Waals surface area contributed by atoms with Crippen LogP contribution in [0.1, 0.15) is 28.8 Å². The maximum atomic E-state index is 10.8. The van der Waals surface area contributed by atoms with Gasteiger partial charge in [-0.1, -0.05) is 0 Å². The molecule has 0 aliphatic rings. The van der Waals surface area contributed by atoms with Crippen LogP contribution in [-0.2, 0) is 6.54 Å². The van der Waals surface area contributed by atoms with Gasteiger partial charge in [-0.3, -0.25) is 4.90 Å². The molecule has 96 valence electrons. The van der Waals surface area contributed by atoms with Gasteiger partial charge >= 0.3 is 5.97 Å². The molecule has 0 amide bonds. The summed E-state index contributed by atoms with van der Waals surface area (Å²) in [7, 11) is 2.01. The Bertz CT molecular complexity index is 389. The molecule has 1 rings (SSSR count).